The summed E-state index contributed by atoms with van der Waals surface area (Å²) in [7, 11) is 1.53. The zero-order valence-electron chi connectivity index (χ0n) is 15.4. The number of hydrogen-bond acceptors (Lipinski definition) is 4. The van der Waals surface area contributed by atoms with Crippen LogP contribution >= 0.6 is 0 Å². The molecule has 26 heavy (non-hydrogen) atoms. The molecule has 2 aromatic rings. The van der Waals surface area contributed by atoms with Gasteiger partial charge in [-0.2, -0.15) is 0 Å². The fourth-order valence-corrected chi connectivity index (χ4v) is 2.35. The molecule has 6 heteroatoms. The van der Waals surface area contributed by atoms with E-state index in [1.807, 2.05) is 49.4 Å². The highest BCUT2D eigenvalue weighted by molar-refractivity contribution is 5.79. The van der Waals surface area contributed by atoms with Crippen LogP contribution in [-0.2, 0) is 6.54 Å². The highest BCUT2D eigenvalue weighted by Crippen LogP contribution is 2.29. The average Bonchev–Trinajstić information content (AvgIpc) is 2.67. The van der Waals surface area contributed by atoms with Gasteiger partial charge < -0.3 is 25.2 Å². The van der Waals surface area contributed by atoms with E-state index < -0.39 is 0 Å². The smallest absolute Gasteiger partial charge is 0.191 e. The van der Waals surface area contributed by atoms with Crippen molar-refractivity contribution in [2.45, 2.75) is 19.9 Å². The second kappa shape index (κ2) is 10.9. The predicted octanol–water partition coefficient (Wildman–Crippen LogP) is 2.93. The van der Waals surface area contributed by atoms with Gasteiger partial charge in [-0.1, -0.05) is 30.3 Å². The molecule has 2 aromatic carbocycles. The lowest BCUT2D eigenvalue weighted by atomic mass is 10.2. The van der Waals surface area contributed by atoms with E-state index in [0.717, 1.165) is 25.3 Å². The molecule has 0 unspecified atom stereocenters. The third-order valence-electron chi connectivity index (χ3n) is 3.68. The minimum absolute atomic E-state index is 0.130. The fraction of sp³-hybridized carbons (Fsp3) is 0.350. The van der Waals surface area contributed by atoms with Crippen LogP contribution in [0.4, 0.5) is 0 Å². The van der Waals surface area contributed by atoms with Gasteiger partial charge in [0.05, 0.1) is 20.3 Å². The van der Waals surface area contributed by atoms with E-state index in [1.54, 1.807) is 6.07 Å². The number of para-hydroxylation sites is 2. The van der Waals surface area contributed by atoms with Crippen LogP contribution in [-0.4, -0.2) is 37.9 Å². The van der Waals surface area contributed by atoms with Crippen molar-refractivity contribution in [1.29, 1.82) is 0 Å². The first-order valence-electron chi connectivity index (χ1n) is 8.79. The van der Waals surface area contributed by atoms with Crippen molar-refractivity contribution in [2.24, 2.45) is 4.99 Å². The number of aromatic hydroxyl groups is 1. The van der Waals surface area contributed by atoms with Gasteiger partial charge in [0.1, 0.15) is 5.75 Å². The summed E-state index contributed by atoms with van der Waals surface area (Å²) in [6, 6.07) is 15.2. The Bertz CT molecular complexity index is 690. The maximum Gasteiger partial charge on any atom is 0.191 e. The minimum Gasteiger partial charge on any atom is -0.504 e. The number of phenols is 1. The summed E-state index contributed by atoms with van der Waals surface area (Å²) in [5.41, 5.74) is 0.717. The topological polar surface area (TPSA) is 75.1 Å². The molecule has 0 saturated carbocycles. The van der Waals surface area contributed by atoms with Crippen molar-refractivity contribution in [3.8, 4) is 17.2 Å². The van der Waals surface area contributed by atoms with Crippen LogP contribution in [0, 0.1) is 0 Å². The predicted molar refractivity (Wildman–Crippen MR) is 104 cm³/mol. The highest BCUT2D eigenvalue weighted by atomic mass is 16.5. The molecule has 0 radical (unpaired) electrons. The zero-order valence-corrected chi connectivity index (χ0v) is 15.4. The van der Waals surface area contributed by atoms with E-state index in [4.69, 9.17) is 9.47 Å². The van der Waals surface area contributed by atoms with Crippen LogP contribution in [0.25, 0.3) is 0 Å². The van der Waals surface area contributed by atoms with Crippen molar-refractivity contribution in [1.82, 2.24) is 10.6 Å². The first kappa shape index (κ1) is 19.4. The third kappa shape index (κ3) is 6.20. The van der Waals surface area contributed by atoms with Gasteiger partial charge in [0.2, 0.25) is 0 Å². The van der Waals surface area contributed by atoms with E-state index in [9.17, 15) is 5.11 Å². The van der Waals surface area contributed by atoms with Gasteiger partial charge in [0.25, 0.3) is 0 Å². The van der Waals surface area contributed by atoms with Gasteiger partial charge in [-0.3, -0.25) is 0 Å². The average molecular weight is 357 g/mol. The molecule has 0 fully saturated rings. The molecule has 0 aliphatic carbocycles. The monoisotopic (exact) mass is 357 g/mol. The van der Waals surface area contributed by atoms with Gasteiger partial charge in [0.15, 0.2) is 17.5 Å². The Labute approximate surface area is 154 Å². The number of nitrogens with one attached hydrogen (secondary N) is 2. The molecule has 3 N–H and O–H groups in total. The Morgan fingerprint density at radius 2 is 1.88 bits per heavy atom. The van der Waals surface area contributed by atoms with Crippen LogP contribution in [0.1, 0.15) is 18.9 Å². The quantitative estimate of drug-likeness (QED) is 0.365. The summed E-state index contributed by atoms with van der Waals surface area (Å²) in [6.07, 6.45) is 0.851. The Balaban J connectivity index is 1.81. The minimum atomic E-state index is 0.130. The van der Waals surface area contributed by atoms with E-state index in [2.05, 4.69) is 15.6 Å². The first-order chi connectivity index (χ1) is 12.7. The van der Waals surface area contributed by atoms with Crippen LogP contribution in [0.5, 0.6) is 17.2 Å². The van der Waals surface area contributed by atoms with Gasteiger partial charge in [0, 0.05) is 18.7 Å². The number of ether oxygens (including phenoxy) is 2. The molecule has 0 amide bonds. The van der Waals surface area contributed by atoms with Crippen LogP contribution in [0.3, 0.4) is 0 Å². The molecule has 2 rings (SSSR count). The van der Waals surface area contributed by atoms with E-state index in [-0.39, 0.29) is 5.75 Å². The maximum atomic E-state index is 10.1. The number of rotatable bonds is 9. The van der Waals surface area contributed by atoms with Gasteiger partial charge in [-0.15, -0.1) is 0 Å². The molecule has 140 valence electrons. The Kier molecular flexibility index (Phi) is 8.12. The van der Waals surface area contributed by atoms with Crippen molar-refractivity contribution in [3.05, 3.63) is 54.1 Å². The normalized spacial score (nSPS) is 11.1. The van der Waals surface area contributed by atoms with Gasteiger partial charge in [-0.25, -0.2) is 4.99 Å². The molecule has 0 bridgehead atoms. The number of hydrogen-bond donors (Lipinski definition) is 3. The Morgan fingerprint density at radius 1 is 1.08 bits per heavy atom. The van der Waals surface area contributed by atoms with Gasteiger partial charge in [-0.05, 0) is 31.5 Å². The van der Waals surface area contributed by atoms with Crippen molar-refractivity contribution in [3.63, 3.8) is 0 Å². The second-order valence-corrected chi connectivity index (χ2v) is 5.61. The SMILES string of the molecule is CCNC(=NCc1cccc(OC)c1O)NCCCOc1ccccc1. The molecule has 0 aliphatic rings. The number of methoxy groups -OCH3 is 1. The third-order valence-corrected chi connectivity index (χ3v) is 3.68. The largest absolute Gasteiger partial charge is 0.504 e. The lowest BCUT2D eigenvalue weighted by Crippen LogP contribution is -2.38. The van der Waals surface area contributed by atoms with E-state index in [0.29, 0.717) is 30.4 Å². The summed E-state index contributed by atoms with van der Waals surface area (Å²) >= 11 is 0. The van der Waals surface area contributed by atoms with E-state index in [1.165, 1.54) is 7.11 Å². The van der Waals surface area contributed by atoms with Gasteiger partial charge >= 0.3 is 0 Å². The van der Waals surface area contributed by atoms with E-state index >= 15 is 0 Å². The molecule has 0 spiro atoms. The molecular formula is C20H27N3O3. The number of nitrogens with zero attached hydrogens (tertiary/aromatic N) is 1. The number of aliphatic imine (C=N–C) groups is 1. The maximum absolute atomic E-state index is 10.1. The van der Waals surface area contributed by atoms with Crippen LogP contribution < -0.4 is 20.1 Å². The Morgan fingerprint density at radius 3 is 2.62 bits per heavy atom. The standard InChI is InChI=1S/C20H27N3O3/c1-3-21-20(22-13-8-14-26-17-10-5-4-6-11-17)23-15-16-9-7-12-18(25-2)19(16)24/h4-7,9-12,24H,3,8,13-15H2,1-2H3,(H2,21,22,23). The molecule has 0 heterocycles. The molecular weight excluding hydrogens is 330 g/mol. The summed E-state index contributed by atoms with van der Waals surface area (Å²) < 4.78 is 10.8. The fourth-order valence-electron chi connectivity index (χ4n) is 2.35. The summed E-state index contributed by atoms with van der Waals surface area (Å²) in [5, 5.41) is 16.6. The highest BCUT2D eigenvalue weighted by Gasteiger charge is 2.07. The lowest BCUT2D eigenvalue weighted by Gasteiger charge is -2.12. The van der Waals surface area contributed by atoms with Crippen LogP contribution in [0.2, 0.25) is 0 Å². The number of phenolic OH excluding ortho intramolecular Hbond substituents is 1. The molecule has 0 aromatic heterocycles. The second-order valence-electron chi connectivity index (χ2n) is 5.61. The lowest BCUT2D eigenvalue weighted by molar-refractivity contribution is 0.311. The van der Waals surface area contributed by atoms with Crippen molar-refractivity contribution in [2.75, 3.05) is 26.8 Å². The first-order valence-corrected chi connectivity index (χ1v) is 8.79. The molecule has 0 atom stereocenters. The number of benzene rings is 2. The summed E-state index contributed by atoms with van der Waals surface area (Å²) in [4.78, 5) is 4.51. The summed E-state index contributed by atoms with van der Waals surface area (Å²) in [5.74, 6) is 2.16. The number of guanidine groups is 1. The molecule has 0 aliphatic heterocycles. The van der Waals surface area contributed by atoms with Crippen molar-refractivity contribution >= 4 is 5.96 Å². The Hall–Kier alpha value is -2.89. The van der Waals surface area contributed by atoms with Crippen LogP contribution in [0.15, 0.2) is 53.5 Å². The molecule has 0 saturated heterocycles. The zero-order chi connectivity index (χ0) is 18.6. The van der Waals surface area contributed by atoms with Crippen molar-refractivity contribution < 1.29 is 14.6 Å². The molecule has 6 nitrogen and oxygen atoms in total. The summed E-state index contributed by atoms with van der Waals surface area (Å²) in [6.45, 7) is 4.50.